The summed E-state index contributed by atoms with van der Waals surface area (Å²) in [6.07, 6.45) is 7.04. The Morgan fingerprint density at radius 2 is 1.87 bits per heavy atom. The van der Waals surface area contributed by atoms with Crippen molar-refractivity contribution in [2.24, 2.45) is 5.73 Å². The molecule has 3 aromatic rings. The topological polar surface area (TPSA) is 48.1 Å². The van der Waals surface area contributed by atoms with E-state index in [4.69, 9.17) is 22.1 Å². The van der Waals surface area contributed by atoms with Gasteiger partial charge in [-0.05, 0) is 68.0 Å². The quantitative estimate of drug-likeness (QED) is 0.527. The van der Waals surface area contributed by atoms with Crippen LogP contribution in [0.25, 0.3) is 10.8 Å². The van der Waals surface area contributed by atoms with Crippen LogP contribution in [0.1, 0.15) is 44.6 Å². The molecular weight excluding hydrogens is 406 g/mol. The van der Waals surface area contributed by atoms with Gasteiger partial charge in [-0.3, -0.25) is 4.98 Å². The molecule has 3 nitrogen and oxygen atoms in total. The van der Waals surface area contributed by atoms with Gasteiger partial charge in [0.15, 0.2) is 0 Å². The molecule has 0 radical (unpaired) electrons. The number of hydrogen-bond acceptors (Lipinski definition) is 3. The molecule has 0 bridgehead atoms. The first-order valence-corrected chi connectivity index (χ1v) is 10.7. The molecule has 2 aromatic carbocycles. The Kier molecular flexibility index (Phi) is 5.94. The lowest BCUT2D eigenvalue weighted by Gasteiger charge is -2.44. The van der Waals surface area contributed by atoms with E-state index in [0.29, 0.717) is 29.2 Å². The van der Waals surface area contributed by atoms with Crippen molar-refractivity contribution < 1.29 is 13.5 Å². The third kappa shape index (κ3) is 3.88. The van der Waals surface area contributed by atoms with E-state index in [-0.39, 0.29) is 12.1 Å². The van der Waals surface area contributed by atoms with Gasteiger partial charge in [-0.15, -0.1) is 0 Å². The zero-order valence-corrected chi connectivity index (χ0v) is 17.6. The molecule has 0 spiro atoms. The van der Waals surface area contributed by atoms with Gasteiger partial charge in [-0.2, -0.15) is 0 Å². The highest BCUT2D eigenvalue weighted by Crippen LogP contribution is 2.44. The van der Waals surface area contributed by atoms with Crippen molar-refractivity contribution in [3.8, 4) is 5.75 Å². The number of ether oxygens (including phenoxy) is 1. The second-order valence-electron chi connectivity index (χ2n) is 8.12. The van der Waals surface area contributed by atoms with Crippen LogP contribution in [0.4, 0.5) is 8.78 Å². The summed E-state index contributed by atoms with van der Waals surface area (Å²) in [6.45, 7) is 2.01. The number of nitrogens with two attached hydrogens (primary N) is 1. The maximum Gasteiger partial charge on any atom is 0.138 e. The first-order valence-electron chi connectivity index (χ1n) is 10.3. The van der Waals surface area contributed by atoms with Crippen molar-refractivity contribution in [3.63, 3.8) is 0 Å². The van der Waals surface area contributed by atoms with Crippen LogP contribution in [0.5, 0.6) is 5.75 Å². The van der Waals surface area contributed by atoms with E-state index in [1.807, 2.05) is 25.1 Å². The molecule has 1 saturated carbocycles. The van der Waals surface area contributed by atoms with Crippen molar-refractivity contribution in [2.75, 3.05) is 0 Å². The number of aromatic nitrogens is 1. The molecule has 158 valence electrons. The normalized spacial score (nSPS) is 22.8. The van der Waals surface area contributed by atoms with Crippen LogP contribution in [-0.4, -0.2) is 17.1 Å². The van der Waals surface area contributed by atoms with Crippen LogP contribution in [0, 0.1) is 11.6 Å². The molecular formula is C24H25ClF2N2O. The number of nitrogens with zero attached hydrogens (tertiary/aromatic N) is 1. The van der Waals surface area contributed by atoms with Crippen molar-refractivity contribution in [1.82, 2.24) is 4.98 Å². The van der Waals surface area contributed by atoms with Crippen LogP contribution < -0.4 is 10.5 Å². The minimum atomic E-state index is -0.566. The standard InChI is InChI=1S/C24H25ClF2N2O/c1-2-22(28)24(16-11-17(26)13-18(27)12-16)8-5-19(6-9-24)30-21-4-3-15-14-29-10-7-20(15)23(21)25/h3-4,7,10-14,19,22H,2,5-6,8-9,28H2,1H3/t19?,22-,24?/m0/s1. The maximum absolute atomic E-state index is 13.9. The van der Waals surface area contributed by atoms with Crippen LogP contribution in [-0.2, 0) is 5.41 Å². The van der Waals surface area contributed by atoms with Gasteiger partial charge in [0, 0.05) is 40.7 Å². The lowest BCUT2D eigenvalue weighted by Crippen LogP contribution is -2.49. The Hall–Kier alpha value is -2.24. The van der Waals surface area contributed by atoms with Crippen molar-refractivity contribution in [1.29, 1.82) is 0 Å². The van der Waals surface area contributed by atoms with Gasteiger partial charge >= 0.3 is 0 Å². The van der Waals surface area contributed by atoms with Crippen LogP contribution in [0.3, 0.4) is 0 Å². The van der Waals surface area contributed by atoms with Crippen molar-refractivity contribution in [3.05, 3.63) is 71.0 Å². The third-order valence-electron chi connectivity index (χ3n) is 6.42. The van der Waals surface area contributed by atoms with Gasteiger partial charge in [-0.1, -0.05) is 18.5 Å². The second kappa shape index (κ2) is 8.48. The lowest BCUT2D eigenvalue weighted by molar-refractivity contribution is 0.103. The van der Waals surface area contributed by atoms with Gasteiger partial charge in [0.2, 0.25) is 0 Å². The first-order chi connectivity index (χ1) is 14.4. The highest BCUT2D eigenvalue weighted by molar-refractivity contribution is 6.37. The molecule has 2 N–H and O–H groups in total. The highest BCUT2D eigenvalue weighted by Gasteiger charge is 2.42. The molecule has 0 aliphatic heterocycles. The first kappa shape index (κ1) is 21.0. The average molecular weight is 431 g/mol. The zero-order valence-electron chi connectivity index (χ0n) is 16.9. The summed E-state index contributed by atoms with van der Waals surface area (Å²) in [6, 6.07) is 9.25. The van der Waals surface area contributed by atoms with E-state index in [2.05, 4.69) is 4.98 Å². The Morgan fingerprint density at radius 1 is 1.17 bits per heavy atom. The van der Waals surface area contributed by atoms with E-state index >= 15 is 0 Å². The summed E-state index contributed by atoms with van der Waals surface area (Å²) in [5.74, 6) is -0.489. The molecule has 1 atom stereocenters. The Balaban J connectivity index is 1.56. The molecule has 0 saturated heterocycles. The zero-order chi connectivity index (χ0) is 21.3. The van der Waals surface area contributed by atoms with E-state index < -0.39 is 17.0 Å². The van der Waals surface area contributed by atoms with Crippen LogP contribution in [0.15, 0.2) is 48.8 Å². The number of pyridine rings is 1. The number of hydrogen-bond donors (Lipinski definition) is 1. The number of rotatable bonds is 5. The number of benzene rings is 2. The Labute approximate surface area is 180 Å². The second-order valence-corrected chi connectivity index (χ2v) is 8.50. The van der Waals surface area contributed by atoms with Crippen molar-refractivity contribution in [2.45, 2.75) is 56.6 Å². The molecule has 1 aromatic heterocycles. The highest BCUT2D eigenvalue weighted by atomic mass is 35.5. The van der Waals surface area contributed by atoms with Gasteiger partial charge in [0.25, 0.3) is 0 Å². The predicted octanol–water partition coefficient (Wildman–Crippen LogP) is 6.16. The minimum absolute atomic E-state index is 0.0302. The van der Waals surface area contributed by atoms with E-state index in [1.54, 1.807) is 12.4 Å². The third-order valence-corrected chi connectivity index (χ3v) is 6.81. The summed E-state index contributed by atoms with van der Waals surface area (Å²) in [7, 11) is 0. The summed E-state index contributed by atoms with van der Waals surface area (Å²) < 4.78 is 34.1. The molecule has 6 heteroatoms. The number of fused-ring (bicyclic) bond motifs is 1. The predicted molar refractivity (Wildman–Crippen MR) is 116 cm³/mol. The van der Waals surface area contributed by atoms with E-state index in [9.17, 15) is 8.78 Å². The summed E-state index contributed by atoms with van der Waals surface area (Å²) in [5, 5.41) is 2.43. The van der Waals surface area contributed by atoms with Gasteiger partial charge in [0.1, 0.15) is 17.4 Å². The smallest absolute Gasteiger partial charge is 0.138 e. The summed E-state index contributed by atoms with van der Waals surface area (Å²) >= 11 is 6.56. The fourth-order valence-corrected chi connectivity index (χ4v) is 4.99. The molecule has 30 heavy (non-hydrogen) atoms. The van der Waals surface area contributed by atoms with E-state index in [1.165, 1.54) is 12.1 Å². The molecule has 1 aliphatic carbocycles. The van der Waals surface area contributed by atoms with E-state index in [0.717, 1.165) is 36.1 Å². The van der Waals surface area contributed by atoms with Crippen LogP contribution >= 0.6 is 11.6 Å². The summed E-state index contributed by atoms with van der Waals surface area (Å²) in [4.78, 5) is 4.12. The molecule has 1 aliphatic rings. The maximum atomic E-state index is 13.9. The minimum Gasteiger partial charge on any atom is -0.489 e. The Bertz CT molecular complexity index is 1030. The fraction of sp³-hybridized carbons (Fsp3) is 0.375. The van der Waals surface area contributed by atoms with Gasteiger partial charge in [-0.25, -0.2) is 8.78 Å². The van der Waals surface area contributed by atoms with Gasteiger partial charge in [0.05, 0.1) is 11.1 Å². The molecule has 0 unspecified atom stereocenters. The Morgan fingerprint density at radius 3 is 2.53 bits per heavy atom. The molecule has 1 fully saturated rings. The van der Waals surface area contributed by atoms with Crippen molar-refractivity contribution >= 4 is 22.4 Å². The molecule has 4 rings (SSSR count). The average Bonchev–Trinajstić information content (AvgIpc) is 2.75. The molecule has 0 amide bonds. The number of halogens is 3. The monoisotopic (exact) mass is 430 g/mol. The fourth-order valence-electron chi connectivity index (χ4n) is 4.71. The SMILES string of the molecule is CC[C@H](N)C1(c2cc(F)cc(F)c2)CCC(Oc2ccc3cnccc3c2Cl)CC1. The van der Waals surface area contributed by atoms with Crippen LogP contribution in [0.2, 0.25) is 5.02 Å². The molecule has 1 heterocycles. The van der Waals surface area contributed by atoms with Gasteiger partial charge < -0.3 is 10.5 Å². The largest absolute Gasteiger partial charge is 0.489 e. The lowest BCUT2D eigenvalue weighted by atomic mass is 9.64. The summed E-state index contributed by atoms with van der Waals surface area (Å²) in [5.41, 5.74) is 6.67.